The molecular formula is C10H18N2O2. The van der Waals surface area contributed by atoms with Crippen molar-refractivity contribution in [3.8, 4) is 0 Å². The van der Waals surface area contributed by atoms with E-state index < -0.39 is 5.97 Å². The van der Waals surface area contributed by atoms with Gasteiger partial charge in [-0.2, -0.15) is 0 Å². The Morgan fingerprint density at radius 1 is 1.43 bits per heavy atom. The van der Waals surface area contributed by atoms with Gasteiger partial charge in [0.1, 0.15) is 6.04 Å². The van der Waals surface area contributed by atoms with Crippen LogP contribution in [0.25, 0.3) is 0 Å². The van der Waals surface area contributed by atoms with E-state index in [1.165, 1.54) is 19.4 Å². The molecule has 0 bridgehead atoms. The number of hydrogen-bond donors (Lipinski definition) is 1. The monoisotopic (exact) mass is 198 g/mol. The van der Waals surface area contributed by atoms with Crippen LogP contribution in [0.3, 0.4) is 0 Å². The minimum atomic E-state index is -0.698. The predicted molar refractivity (Wildman–Crippen MR) is 53.3 cm³/mol. The van der Waals surface area contributed by atoms with Crippen molar-refractivity contribution in [2.75, 3.05) is 26.2 Å². The van der Waals surface area contributed by atoms with Crippen molar-refractivity contribution in [1.29, 1.82) is 0 Å². The Morgan fingerprint density at radius 2 is 2.21 bits per heavy atom. The average molecular weight is 198 g/mol. The van der Waals surface area contributed by atoms with Gasteiger partial charge in [0.15, 0.2) is 0 Å². The minimum Gasteiger partial charge on any atom is -0.480 e. The summed E-state index contributed by atoms with van der Waals surface area (Å²) in [5.41, 5.74) is 0. The highest BCUT2D eigenvalue weighted by Crippen LogP contribution is 2.22. The molecule has 4 heteroatoms. The smallest absolute Gasteiger partial charge is 0.320 e. The van der Waals surface area contributed by atoms with E-state index >= 15 is 0 Å². The van der Waals surface area contributed by atoms with Gasteiger partial charge in [0, 0.05) is 25.7 Å². The van der Waals surface area contributed by atoms with Crippen LogP contribution in [-0.2, 0) is 4.79 Å². The van der Waals surface area contributed by atoms with Crippen molar-refractivity contribution in [1.82, 2.24) is 9.80 Å². The third kappa shape index (κ3) is 1.77. The molecule has 0 radical (unpaired) electrons. The zero-order valence-corrected chi connectivity index (χ0v) is 8.65. The maximum atomic E-state index is 10.8. The Bertz CT molecular complexity index is 232. The molecule has 0 aromatic carbocycles. The first kappa shape index (κ1) is 9.93. The highest BCUT2D eigenvalue weighted by atomic mass is 16.4. The summed E-state index contributed by atoms with van der Waals surface area (Å²) in [5.74, 6) is -0.698. The standard InChI is InChI=1S/C10H18N2O2/c1-8(10(13)14)12-6-5-11-4-2-3-9(11)7-12/h8-9H,2-7H2,1H3,(H,13,14). The summed E-state index contributed by atoms with van der Waals surface area (Å²) in [6.07, 6.45) is 2.52. The second-order valence-corrected chi connectivity index (χ2v) is 4.34. The summed E-state index contributed by atoms with van der Waals surface area (Å²) in [5, 5.41) is 8.92. The molecule has 2 atom stereocenters. The van der Waals surface area contributed by atoms with Gasteiger partial charge in [0.25, 0.3) is 0 Å². The summed E-state index contributed by atoms with van der Waals surface area (Å²) in [6, 6.07) is 0.295. The van der Waals surface area contributed by atoms with E-state index in [9.17, 15) is 4.79 Å². The number of nitrogens with zero attached hydrogens (tertiary/aromatic N) is 2. The second kappa shape index (κ2) is 3.87. The normalized spacial score (nSPS) is 31.4. The highest BCUT2D eigenvalue weighted by molar-refractivity contribution is 5.72. The van der Waals surface area contributed by atoms with Crippen LogP contribution in [0.4, 0.5) is 0 Å². The van der Waals surface area contributed by atoms with E-state index in [-0.39, 0.29) is 6.04 Å². The number of carbonyl (C=O) groups is 1. The van der Waals surface area contributed by atoms with E-state index in [1.54, 1.807) is 6.92 Å². The topological polar surface area (TPSA) is 43.8 Å². The number of fused-ring (bicyclic) bond motifs is 1. The van der Waals surface area contributed by atoms with E-state index in [2.05, 4.69) is 9.80 Å². The SMILES string of the molecule is CC(C(=O)O)N1CCN2CCCC2C1. The Balaban J connectivity index is 1.94. The first-order chi connectivity index (χ1) is 6.68. The van der Waals surface area contributed by atoms with Crippen molar-refractivity contribution >= 4 is 5.97 Å². The van der Waals surface area contributed by atoms with Crippen LogP contribution in [-0.4, -0.2) is 59.1 Å². The van der Waals surface area contributed by atoms with Crippen LogP contribution in [0.5, 0.6) is 0 Å². The summed E-state index contributed by atoms with van der Waals surface area (Å²) >= 11 is 0. The number of carboxylic acids is 1. The lowest BCUT2D eigenvalue weighted by molar-refractivity contribution is -0.143. The molecule has 2 saturated heterocycles. The maximum absolute atomic E-state index is 10.8. The molecule has 2 aliphatic heterocycles. The van der Waals surface area contributed by atoms with Gasteiger partial charge in [-0.1, -0.05) is 0 Å². The fourth-order valence-electron chi connectivity index (χ4n) is 2.52. The fourth-order valence-corrected chi connectivity index (χ4v) is 2.52. The third-order valence-corrected chi connectivity index (χ3v) is 3.52. The van der Waals surface area contributed by atoms with Crippen LogP contribution in [0.1, 0.15) is 19.8 Å². The molecule has 0 aliphatic carbocycles. The van der Waals surface area contributed by atoms with Crippen LogP contribution in [0.15, 0.2) is 0 Å². The van der Waals surface area contributed by atoms with Gasteiger partial charge in [-0.3, -0.25) is 14.6 Å². The summed E-state index contributed by atoms with van der Waals surface area (Å²) in [4.78, 5) is 15.4. The molecule has 2 fully saturated rings. The fraction of sp³-hybridized carbons (Fsp3) is 0.900. The van der Waals surface area contributed by atoms with Crippen LogP contribution in [0, 0.1) is 0 Å². The van der Waals surface area contributed by atoms with Crippen LogP contribution in [0.2, 0.25) is 0 Å². The molecule has 2 aliphatic rings. The van der Waals surface area contributed by atoms with E-state index in [1.807, 2.05) is 0 Å². The molecule has 4 nitrogen and oxygen atoms in total. The van der Waals surface area contributed by atoms with Gasteiger partial charge in [0.05, 0.1) is 0 Å². The van der Waals surface area contributed by atoms with Crippen molar-refractivity contribution in [2.45, 2.75) is 31.8 Å². The number of hydrogen-bond acceptors (Lipinski definition) is 3. The zero-order valence-electron chi connectivity index (χ0n) is 8.65. The summed E-state index contributed by atoms with van der Waals surface area (Å²) in [7, 11) is 0. The van der Waals surface area contributed by atoms with Crippen molar-refractivity contribution in [2.24, 2.45) is 0 Å². The van der Waals surface area contributed by atoms with E-state index in [0.717, 1.165) is 19.6 Å². The maximum Gasteiger partial charge on any atom is 0.320 e. The predicted octanol–water partition coefficient (Wildman–Crippen LogP) is 0.240. The number of carboxylic acid groups (broad SMARTS) is 1. The highest BCUT2D eigenvalue weighted by Gasteiger charge is 2.33. The van der Waals surface area contributed by atoms with Gasteiger partial charge < -0.3 is 5.11 Å². The molecular weight excluding hydrogens is 180 g/mol. The Hall–Kier alpha value is -0.610. The lowest BCUT2D eigenvalue weighted by atomic mass is 10.1. The minimum absolute atomic E-state index is 0.322. The molecule has 14 heavy (non-hydrogen) atoms. The lowest BCUT2D eigenvalue weighted by Gasteiger charge is -2.39. The van der Waals surface area contributed by atoms with Gasteiger partial charge in [-0.25, -0.2) is 0 Å². The van der Waals surface area contributed by atoms with Gasteiger partial charge in [0.2, 0.25) is 0 Å². The molecule has 80 valence electrons. The Kier molecular flexibility index (Phi) is 2.74. The van der Waals surface area contributed by atoms with Gasteiger partial charge in [-0.15, -0.1) is 0 Å². The molecule has 2 heterocycles. The number of aliphatic carboxylic acids is 1. The molecule has 2 rings (SSSR count). The molecule has 0 amide bonds. The third-order valence-electron chi connectivity index (χ3n) is 3.52. The lowest BCUT2D eigenvalue weighted by Crippen LogP contribution is -2.54. The van der Waals surface area contributed by atoms with Crippen molar-refractivity contribution < 1.29 is 9.90 Å². The average Bonchev–Trinajstić information content (AvgIpc) is 2.62. The Labute approximate surface area is 84.5 Å². The first-order valence-electron chi connectivity index (χ1n) is 5.39. The number of rotatable bonds is 2. The summed E-state index contributed by atoms with van der Waals surface area (Å²) < 4.78 is 0. The van der Waals surface area contributed by atoms with E-state index in [4.69, 9.17) is 5.11 Å². The van der Waals surface area contributed by atoms with Crippen LogP contribution >= 0.6 is 0 Å². The first-order valence-corrected chi connectivity index (χ1v) is 5.39. The number of piperazine rings is 1. The largest absolute Gasteiger partial charge is 0.480 e. The Morgan fingerprint density at radius 3 is 2.93 bits per heavy atom. The van der Waals surface area contributed by atoms with E-state index in [0.29, 0.717) is 6.04 Å². The summed E-state index contributed by atoms with van der Waals surface area (Å²) in [6.45, 7) is 5.88. The molecule has 0 aromatic rings. The molecule has 1 N–H and O–H groups in total. The van der Waals surface area contributed by atoms with Crippen molar-refractivity contribution in [3.05, 3.63) is 0 Å². The molecule has 0 spiro atoms. The van der Waals surface area contributed by atoms with Crippen LogP contribution < -0.4 is 0 Å². The second-order valence-electron chi connectivity index (χ2n) is 4.34. The quantitative estimate of drug-likeness (QED) is 0.690. The molecule has 0 saturated carbocycles. The van der Waals surface area contributed by atoms with Gasteiger partial charge >= 0.3 is 5.97 Å². The van der Waals surface area contributed by atoms with Crippen molar-refractivity contribution in [3.63, 3.8) is 0 Å². The van der Waals surface area contributed by atoms with Gasteiger partial charge in [-0.05, 0) is 26.3 Å². The molecule has 0 aromatic heterocycles. The zero-order chi connectivity index (χ0) is 10.1. The molecule has 2 unspecified atom stereocenters.